The van der Waals surface area contributed by atoms with E-state index in [1.54, 1.807) is 0 Å². The zero-order chi connectivity index (χ0) is 6.41. The Labute approximate surface area is 49.3 Å². The molecular weight excluding hydrogens is 106 g/mol. The predicted octanol–water partition coefficient (Wildman–Crippen LogP) is -0.703. The van der Waals surface area contributed by atoms with E-state index < -0.39 is 6.23 Å². The third-order valence-electron chi connectivity index (χ3n) is 0.842. The summed E-state index contributed by atoms with van der Waals surface area (Å²) in [7, 11) is 0. The first-order chi connectivity index (χ1) is 3.81. The molecule has 0 spiro atoms. The average Bonchev–Trinajstić information content (AvgIpc) is 1.68. The summed E-state index contributed by atoms with van der Waals surface area (Å²) in [4.78, 5) is 0. The average molecular weight is 119 g/mol. The highest BCUT2D eigenvalue weighted by Crippen LogP contribution is 1.81. The maximum Gasteiger partial charge on any atom is 0.107 e. The number of nitrogens with one attached hydrogen (secondary N) is 1. The minimum Gasteiger partial charge on any atom is -0.396 e. The molecule has 1 unspecified atom stereocenters. The van der Waals surface area contributed by atoms with Crippen LogP contribution in [0.15, 0.2) is 0 Å². The molecule has 0 fully saturated rings. The van der Waals surface area contributed by atoms with E-state index in [1.807, 2.05) is 6.92 Å². The summed E-state index contributed by atoms with van der Waals surface area (Å²) in [5, 5.41) is 19.8. The first kappa shape index (κ1) is 7.88. The SMILES string of the molecule is CCNC(O)CCO. The molecule has 0 aliphatic carbocycles. The third-order valence-corrected chi connectivity index (χ3v) is 0.842. The van der Waals surface area contributed by atoms with Crippen LogP contribution < -0.4 is 5.32 Å². The molecule has 8 heavy (non-hydrogen) atoms. The molecule has 1 atom stereocenters. The zero-order valence-electron chi connectivity index (χ0n) is 5.09. The summed E-state index contributed by atoms with van der Waals surface area (Å²) in [5.74, 6) is 0. The van der Waals surface area contributed by atoms with Crippen LogP contribution in [0.3, 0.4) is 0 Å². The highest BCUT2D eigenvalue weighted by molar-refractivity contribution is 4.47. The Morgan fingerprint density at radius 2 is 2.25 bits per heavy atom. The Kier molecular flexibility index (Phi) is 4.95. The molecule has 0 rings (SSSR count). The maximum atomic E-state index is 8.78. The number of aliphatic hydroxyl groups excluding tert-OH is 2. The van der Waals surface area contributed by atoms with Crippen LogP contribution in [0.25, 0.3) is 0 Å². The van der Waals surface area contributed by atoms with Crippen LogP contribution in [0, 0.1) is 0 Å². The van der Waals surface area contributed by atoms with E-state index in [0.717, 1.165) is 6.54 Å². The van der Waals surface area contributed by atoms with Crippen LogP contribution in [0.1, 0.15) is 13.3 Å². The van der Waals surface area contributed by atoms with Gasteiger partial charge in [0.15, 0.2) is 0 Å². The first-order valence-electron chi connectivity index (χ1n) is 2.83. The fraction of sp³-hybridized carbons (Fsp3) is 1.00. The fourth-order valence-corrected chi connectivity index (χ4v) is 0.460. The summed E-state index contributed by atoms with van der Waals surface area (Å²) < 4.78 is 0. The van der Waals surface area contributed by atoms with Gasteiger partial charge >= 0.3 is 0 Å². The van der Waals surface area contributed by atoms with Gasteiger partial charge in [-0.25, -0.2) is 0 Å². The molecule has 0 aliphatic rings. The second-order valence-electron chi connectivity index (χ2n) is 1.59. The van der Waals surface area contributed by atoms with E-state index in [4.69, 9.17) is 10.2 Å². The summed E-state index contributed by atoms with van der Waals surface area (Å²) >= 11 is 0. The Balaban J connectivity index is 2.92. The van der Waals surface area contributed by atoms with Gasteiger partial charge in [0.25, 0.3) is 0 Å². The summed E-state index contributed by atoms with van der Waals surface area (Å²) in [5.41, 5.74) is 0. The van der Waals surface area contributed by atoms with E-state index in [1.165, 1.54) is 0 Å². The minimum absolute atomic E-state index is 0.0359. The van der Waals surface area contributed by atoms with Crippen LogP contribution in [0.4, 0.5) is 0 Å². The van der Waals surface area contributed by atoms with Gasteiger partial charge in [-0.2, -0.15) is 0 Å². The van der Waals surface area contributed by atoms with Gasteiger partial charge in [0.05, 0.1) is 0 Å². The highest BCUT2D eigenvalue weighted by Gasteiger charge is 1.96. The van der Waals surface area contributed by atoms with E-state index in [9.17, 15) is 0 Å². The molecule has 50 valence electrons. The van der Waals surface area contributed by atoms with Crippen molar-refractivity contribution in [3.8, 4) is 0 Å². The largest absolute Gasteiger partial charge is 0.396 e. The van der Waals surface area contributed by atoms with Gasteiger partial charge in [-0.15, -0.1) is 0 Å². The van der Waals surface area contributed by atoms with E-state index in [-0.39, 0.29) is 6.61 Å². The molecule has 0 aromatic heterocycles. The molecule has 0 saturated heterocycles. The molecule has 0 amide bonds. The fourth-order valence-electron chi connectivity index (χ4n) is 0.460. The molecule has 0 bridgehead atoms. The van der Waals surface area contributed by atoms with Gasteiger partial charge < -0.3 is 10.2 Å². The topological polar surface area (TPSA) is 52.5 Å². The number of aliphatic hydroxyl groups is 2. The molecule has 3 heteroatoms. The molecule has 0 radical (unpaired) electrons. The van der Waals surface area contributed by atoms with Crippen molar-refractivity contribution in [3.05, 3.63) is 0 Å². The molecule has 0 aromatic carbocycles. The molecule has 0 heterocycles. The number of hydrogen-bond donors (Lipinski definition) is 3. The third kappa shape index (κ3) is 4.05. The maximum absolute atomic E-state index is 8.78. The normalized spacial score (nSPS) is 13.9. The summed E-state index contributed by atoms with van der Waals surface area (Å²) in [6.45, 7) is 2.68. The molecule has 0 saturated carbocycles. The first-order valence-corrected chi connectivity index (χ1v) is 2.83. The molecular formula is C5H13NO2. The van der Waals surface area contributed by atoms with Gasteiger partial charge in [-0.05, 0) is 6.54 Å². The van der Waals surface area contributed by atoms with E-state index >= 15 is 0 Å². The standard InChI is InChI=1S/C5H13NO2/c1-2-6-5(8)3-4-7/h5-8H,2-4H2,1H3. The summed E-state index contributed by atoms with van der Waals surface area (Å²) in [6.07, 6.45) is -0.126. The molecule has 3 N–H and O–H groups in total. The van der Waals surface area contributed by atoms with Crippen molar-refractivity contribution < 1.29 is 10.2 Å². The van der Waals surface area contributed by atoms with Gasteiger partial charge in [0.1, 0.15) is 6.23 Å². The zero-order valence-corrected chi connectivity index (χ0v) is 5.09. The van der Waals surface area contributed by atoms with Gasteiger partial charge in [-0.1, -0.05) is 6.92 Å². The molecule has 0 aromatic rings. The Bertz CT molecular complexity index is 43.7. The lowest BCUT2D eigenvalue weighted by Crippen LogP contribution is -2.28. The van der Waals surface area contributed by atoms with Crippen molar-refractivity contribution in [2.24, 2.45) is 0 Å². The Morgan fingerprint density at radius 3 is 2.62 bits per heavy atom. The van der Waals surface area contributed by atoms with E-state index in [2.05, 4.69) is 5.32 Å². The molecule has 3 nitrogen and oxygen atoms in total. The van der Waals surface area contributed by atoms with Gasteiger partial charge in [0, 0.05) is 13.0 Å². The smallest absolute Gasteiger partial charge is 0.107 e. The quantitative estimate of drug-likeness (QED) is 0.429. The Morgan fingerprint density at radius 1 is 1.62 bits per heavy atom. The lowest BCUT2D eigenvalue weighted by atomic mass is 10.4. The van der Waals surface area contributed by atoms with Crippen molar-refractivity contribution in [3.63, 3.8) is 0 Å². The second kappa shape index (κ2) is 5.03. The predicted molar refractivity (Wildman–Crippen MR) is 31.4 cm³/mol. The van der Waals surface area contributed by atoms with Crippen LogP contribution in [0.5, 0.6) is 0 Å². The minimum atomic E-state index is -0.537. The van der Waals surface area contributed by atoms with Crippen LogP contribution >= 0.6 is 0 Å². The monoisotopic (exact) mass is 119 g/mol. The summed E-state index contributed by atoms with van der Waals surface area (Å²) in [6, 6.07) is 0. The van der Waals surface area contributed by atoms with Crippen molar-refractivity contribution in [2.75, 3.05) is 13.2 Å². The van der Waals surface area contributed by atoms with Crippen molar-refractivity contribution in [2.45, 2.75) is 19.6 Å². The van der Waals surface area contributed by atoms with Crippen LogP contribution in [-0.4, -0.2) is 29.6 Å². The second-order valence-corrected chi connectivity index (χ2v) is 1.59. The van der Waals surface area contributed by atoms with Gasteiger partial charge in [-0.3, -0.25) is 5.32 Å². The molecule has 0 aliphatic heterocycles. The van der Waals surface area contributed by atoms with Gasteiger partial charge in [0.2, 0.25) is 0 Å². The van der Waals surface area contributed by atoms with Crippen molar-refractivity contribution >= 4 is 0 Å². The van der Waals surface area contributed by atoms with Crippen LogP contribution in [-0.2, 0) is 0 Å². The van der Waals surface area contributed by atoms with Crippen molar-refractivity contribution in [1.29, 1.82) is 0 Å². The Hall–Kier alpha value is -0.120. The van der Waals surface area contributed by atoms with Crippen LogP contribution in [0.2, 0.25) is 0 Å². The lowest BCUT2D eigenvalue weighted by molar-refractivity contribution is 0.105. The highest BCUT2D eigenvalue weighted by atomic mass is 16.3. The van der Waals surface area contributed by atoms with E-state index in [0.29, 0.717) is 6.42 Å². The number of hydrogen-bond acceptors (Lipinski definition) is 3. The van der Waals surface area contributed by atoms with Crippen molar-refractivity contribution in [1.82, 2.24) is 5.32 Å². The lowest BCUT2D eigenvalue weighted by Gasteiger charge is -2.07. The number of rotatable bonds is 4.